The van der Waals surface area contributed by atoms with Crippen molar-refractivity contribution >= 4 is 128 Å². The summed E-state index contributed by atoms with van der Waals surface area (Å²) in [5.74, 6) is -1.04. The van der Waals surface area contributed by atoms with E-state index in [1.54, 1.807) is 76.2 Å². The Morgan fingerprint density at radius 3 is 0.694 bits per heavy atom. The van der Waals surface area contributed by atoms with E-state index in [0.29, 0.717) is 40.9 Å². The summed E-state index contributed by atoms with van der Waals surface area (Å²) in [5.41, 5.74) is 13.5. The van der Waals surface area contributed by atoms with Gasteiger partial charge < -0.3 is 9.84 Å². The van der Waals surface area contributed by atoms with E-state index in [-0.39, 0.29) is 42.2 Å². The number of nitrogens with zero attached hydrogens (tertiary/aromatic N) is 6. The van der Waals surface area contributed by atoms with Crippen LogP contribution in [0.3, 0.4) is 0 Å². The Labute approximate surface area is 713 Å². The largest absolute Gasteiger partial charge is 0.481 e. The van der Waals surface area contributed by atoms with Crippen molar-refractivity contribution in [3.05, 3.63) is 344 Å². The molecule has 3 atom stereocenters. The highest BCUT2D eigenvalue weighted by atomic mass is 32.2. The molecule has 12 aromatic rings. The van der Waals surface area contributed by atoms with Crippen LogP contribution in [0.4, 0.5) is 48.5 Å². The van der Waals surface area contributed by atoms with E-state index in [0.717, 1.165) is 91.1 Å². The minimum absolute atomic E-state index is 0.0627. The molecule has 25 nitrogen and oxygen atoms in total. The topological polar surface area (TPSA) is 339 Å². The highest BCUT2D eigenvalue weighted by Gasteiger charge is 2.43. The van der Waals surface area contributed by atoms with Crippen molar-refractivity contribution in [3.63, 3.8) is 0 Å². The van der Waals surface area contributed by atoms with Gasteiger partial charge in [0, 0.05) is 66.7 Å². The molecule has 0 aromatic heterocycles. The Balaban J connectivity index is 0.000000203. The number of urea groups is 3. The molecule has 0 radical (unpaired) electrons. The maximum absolute atomic E-state index is 13.5. The summed E-state index contributed by atoms with van der Waals surface area (Å²) in [4.78, 5) is 71.2. The molecule has 0 spiro atoms. The van der Waals surface area contributed by atoms with Crippen LogP contribution in [0.5, 0.6) is 0 Å². The highest BCUT2D eigenvalue weighted by molar-refractivity contribution is 7.91. The summed E-state index contributed by atoms with van der Waals surface area (Å²) in [6.45, 7) is 6.32. The summed E-state index contributed by atoms with van der Waals surface area (Å²) in [5, 5.41) is 7.42. The predicted molar refractivity (Wildman–Crippen MR) is 470 cm³/mol. The number of benzene rings is 12. The number of ether oxygens (including phenoxy) is 1. The molecule has 3 aliphatic heterocycles. The van der Waals surface area contributed by atoms with Crippen LogP contribution in [-0.2, 0) is 78.6 Å². The van der Waals surface area contributed by atoms with E-state index in [2.05, 4.69) is 4.74 Å². The molecule has 121 heavy (non-hydrogen) atoms. The van der Waals surface area contributed by atoms with Crippen molar-refractivity contribution in [2.24, 2.45) is 0 Å². The number of para-hydroxylation sites is 6. The molecule has 624 valence electrons. The third kappa shape index (κ3) is 26.1. The smallest absolute Gasteiger partial charge is 0.335 e. The zero-order valence-corrected chi connectivity index (χ0v) is 71.1. The molecular formula is C90H84N6O19S6. The minimum atomic E-state index is -3.28. The van der Waals surface area contributed by atoms with Gasteiger partial charge in [-0.15, -0.1) is 0 Å². The molecule has 12 aromatic carbocycles. The fraction of sp³-hybridized carbons (Fsp3) is 0.144. The van der Waals surface area contributed by atoms with Gasteiger partial charge in [0.25, 0.3) is 5.97 Å². The van der Waals surface area contributed by atoms with Gasteiger partial charge in [-0.2, -0.15) is 25.3 Å². The van der Waals surface area contributed by atoms with Crippen molar-refractivity contribution in [1.29, 1.82) is 0 Å². The molecule has 0 saturated carbocycles. The standard InChI is InChI=1S/3C28H24N2O3S.C4H8O2.C2H4O2.3O2S/c3*1-34(32,33)26-14-8-9-23(19-26)21-15-17-22(18-16-21)27-20-29(24-10-4-2-5-11-24)28(31)30(27)25-12-6-3-7-13-25;1-3-6-4(2)5;1-2(3)4;3*1-3-2/h3*2-19,27H,20H2,1H3;3H2,1-2H3;1H3,(H,3,4);;;. The fourth-order valence-electron chi connectivity index (χ4n) is 13.3. The number of hydrogen-bond acceptors (Lipinski definition) is 18. The van der Waals surface area contributed by atoms with Gasteiger partial charge in [-0.05, 0) is 166 Å². The van der Waals surface area contributed by atoms with E-state index in [1.807, 2.05) is 288 Å². The van der Waals surface area contributed by atoms with Gasteiger partial charge in [-0.1, -0.05) is 218 Å². The van der Waals surface area contributed by atoms with E-state index >= 15 is 0 Å². The molecule has 3 aliphatic rings. The molecule has 3 saturated heterocycles. The monoisotopic (exact) mass is 1740 g/mol. The second-order valence-corrected chi connectivity index (χ2v) is 33.2. The second kappa shape index (κ2) is 45.0. The van der Waals surface area contributed by atoms with Crippen LogP contribution in [-0.4, -0.2) is 131 Å². The molecule has 6 amide bonds. The molecule has 1 N–H and O–H groups in total. The van der Waals surface area contributed by atoms with Crippen LogP contribution in [0, 0.1) is 0 Å². The Morgan fingerprint density at radius 2 is 0.521 bits per heavy atom. The van der Waals surface area contributed by atoms with Crippen molar-refractivity contribution < 1.29 is 84.3 Å². The number of carboxylic acids is 1. The molecule has 0 aliphatic carbocycles. The third-order valence-electron chi connectivity index (χ3n) is 18.6. The quantitative estimate of drug-likeness (QED) is 0.0878. The number of rotatable bonds is 16. The van der Waals surface area contributed by atoms with Crippen molar-refractivity contribution in [3.8, 4) is 33.4 Å². The summed E-state index contributed by atoms with van der Waals surface area (Å²) in [7, 11) is -9.84. The van der Waals surface area contributed by atoms with Gasteiger partial charge in [-0.3, -0.25) is 39.0 Å². The number of sulfone groups is 3. The molecular weight excluding hydrogens is 1660 g/mol. The lowest BCUT2D eigenvalue weighted by atomic mass is 10.00. The third-order valence-corrected chi connectivity index (χ3v) is 22.0. The van der Waals surface area contributed by atoms with Gasteiger partial charge in [0.2, 0.25) is 0 Å². The summed E-state index contributed by atoms with van der Waals surface area (Å²) < 4.78 is 126. The van der Waals surface area contributed by atoms with Crippen LogP contribution in [0.15, 0.2) is 342 Å². The molecule has 31 heteroatoms. The number of carbonyl (C=O) groups excluding carboxylic acids is 4. The van der Waals surface area contributed by atoms with Gasteiger partial charge in [-0.25, -0.2) is 39.6 Å². The van der Waals surface area contributed by atoms with Gasteiger partial charge in [0.05, 0.1) is 59.1 Å². The predicted octanol–water partition coefficient (Wildman–Crippen LogP) is 16.5. The van der Waals surface area contributed by atoms with Gasteiger partial charge in [0.15, 0.2) is 29.5 Å². The zero-order valence-electron chi connectivity index (χ0n) is 66.2. The van der Waals surface area contributed by atoms with Crippen molar-refractivity contribution in [2.45, 2.75) is 53.6 Å². The average Bonchev–Trinajstić information content (AvgIpc) is 1.63. The number of esters is 1. The lowest BCUT2D eigenvalue weighted by Crippen LogP contribution is -2.32. The maximum atomic E-state index is 13.5. The van der Waals surface area contributed by atoms with E-state index in [4.69, 9.17) is 35.2 Å². The molecule has 0 bridgehead atoms. The second-order valence-electron chi connectivity index (χ2n) is 26.8. The number of aliphatic carboxylic acids is 1. The van der Waals surface area contributed by atoms with Crippen LogP contribution in [0.1, 0.15) is 55.6 Å². The van der Waals surface area contributed by atoms with Gasteiger partial charge >= 0.3 is 58.8 Å². The summed E-state index contributed by atoms with van der Waals surface area (Å²) in [6, 6.07) is 102. The van der Waals surface area contributed by atoms with Gasteiger partial charge in [0.1, 0.15) is 0 Å². The van der Waals surface area contributed by atoms with Crippen LogP contribution < -0.4 is 29.4 Å². The number of carboxylic acid groups (broad SMARTS) is 1. The maximum Gasteiger partial charge on any atom is 0.335 e. The lowest BCUT2D eigenvalue weighted by molar-refractivity contribution is -0.140. The fourth-order valence-corrected chi connectivity index (χ4v) is 15.3. The van der Waals surface area contributed by atoms with E-state index in [9.17, 15) is 44.4 Å². The SMILES string of the molecule is CC(=O)O.CCOC(C)=O.CS(=O)(=O)c1cccc(-c2ccc(C3CN(c4ccccc4)C(=O)N3c3ccccc3)cc2)c1.CS(=O)(=O)c1cccc(-c2ccc(C3CN(c4ccccc4)C(=O)N3c3ccccc3)cc2)c1.CS(=O)(=O)c1cccc(-c2ccc(C3CN(c4ccccc4)C(=O)N3c3ccccc3)cc2)c1.O=S=O.O=S=O.O=S=O. The number of amides is 6. The Kier molecular flexibility index (Phi) is 34.7. The molecule has 3 unspecified atom stereocenters. The Morgan fingerprint density at radius 1 is 0.322 bits per heavy atom. The Hall–Kier alpha value is -13.3. The first-order chi connectivity index (χ1) is 58.0. The van der Waals surface area contributed by atoms with E-state index in [1.165, 1.54) is 25.7 Å². The average molecular weight is 1750 g/mol. The number of anilines is 6. The number of carbonyl (C=O) groups is 5. The van der Waals surface area contributed by atoms with Crippen LogP contribution >= 0.6 is 0 Å². The molecule has 3 fully saturated rings. The van der Waals surface area contributed by atoms with Crippen LogP contribution in [0.25, 0.3) is 33.4 Å². The Bertz CT molecular complexity index is 5400. The van der Waals surface area contributed by atoms with Crippen molar-refractivity contribution in [1.82, 2.24) is 0 Å². The molecule has 15 rings (SSSR count). The van der Waals surface area contributed by atoms with E-state index < -0.39 is 70.2 Å². The van der Waals surface area contributed by atoms with Crippen molar-refractivity contribution in [2.75, 3.05) is 74.4 Å². The highest BCUT2D eigenvalue weighted by Crippen LogP contribution is 2.42. The molecule has 3 heterocycles. The normalized spacial score (nSPS) is 14.5. The first-order valence-electron chi connectivity index (χ1n) is 36.9. The zero-order chi connectivity index (χ0) is 87.8. The first-order valence-corrected chi connectivity index (χ1v) is 44.6. The number of hydrogen-bond donors (Lipinski definition) is 1. The summed E-state index contributed by atoms with van der Waals surface area (Å²) in [6.07, 6.45) is 3.63. The van der Waals surface area contributed by atoms with Crippen LogP contribution in [0.2, 0.25) is 0 Å². The summed E-state index contributed by atoms with van der Waals surface area (Å²) >= 11 is -2.25. The first kappa shape index (κ1) is 93.2. The minimum Gasteiger partial charge on any atom is -0.481 e. The lowest BCUT2D eigenvalue weighted by Gasteiger charge is -2.24.